The van der Waals surface area contributed by atoms with Crippen LogP contribution < -0.4 is 14.8 Å². The van der Waals surface area contributed by atoms with Crippen molar-refractivity contribution in [3.05, 3.63) is 77.0 Å². The lowest BCUT2D eigenvalue weighted by atomic mass is 10.1. The Morgan fingerprint density at radius 2 is 1.78 bits per heavy atom. The molecule has 0 aliphatic carbocycles. The van der Waals surface area contributed by atoms with Crippen LogP contribution in [0.5, 0.6) is 5.75 Å². The summed E-state index contributed by atoms with van der Waals surface area (Å²) < 4.78 is 7.77. The molecule has 0 spiro atoms. The first-order valence-corrected chi connectivity index (χ1v) is 10.1. The van der Waals surface area contributed by atoms with Crippen LogP contribution in [0.2, 0.25) is 0 Å². The summed E-state index contributed by atoms with van der Waals surface area (Å²) in [5.41, 5.74) is 2.46. The molecule has 4 aromatic rings. The highest BCUT2D eigenvalue weighted by Gasteiger charge is 2.09. The molecule has 2 N–H and O–H groups in total. The second kappa shape index (κ2) is 9.27. The van der Waals surface area contributed by atoms with E-state index < -0.39 is 11.0 Å². The van der Waals surface area contributed by atoms with E-state index in [1.165, 1.54) is 12.1 Å². The molecule has 32 heavy (non-hydrogen) atoms. The van der Waals surface area contributed by atoms with Crippen LogP contribution >= 0.6 is 11.9 Å². The number of non-ortho nitro benzene ring substituents is 1. The molecule has 0 saturated heterocycles. The Hall–Kier alpha value is -4.25. The Kier molecular flexibility index (Phi) is 6.08. The zero-order valence-corrected chi connectivity index (χ0v) is 17.5. The van der Waals surface area contributed by atoms with Crippen LogP contribution in [-0.4, -0.2) is 33.0 Å². The molecule has 0 unspecified atom stereocenters. The van der Waals surface area contributed by atoms with Crippen molar-refractivity contribution >= 4 is 40.6 Å². The lowest BCUT2D eigenvalue weighted by molar-refractivity contribution is -0.384. The van der Waals surface area contributed by atoms with E-state index in [0.717, 1.165) is 23.3 Å². The maximum absolute atomic E-state index is 12.2. The molecule has 11 heteroatoms. The topological polar surface area (TPSA) is 132 Å². The molecule has 2 amide bonds. The van der Waals surface area contributed by atoms with Crippen molar-refractivity contribution in [1.29, 1.82) is 0 Å². The third kappa shape index (κ3) is 4.90. The standard InChI is InChI=1S/C21H16N6O4S/c1-31-15-6-2-13(3-7-15)18-12-22-17-10-11-19(24-20(17)23-18)25-21(28)26-32-16-8-4-14(5-9-16)27(29)30/h2-12H,1H3,(H2,23,24,25,26,28). The van der Waals surface area contributed by atoms with E-state index in [2.05, 4.69) is 25.0 Å². The second-order valence-electron chi connectivity index (χ2n) is 6.43. The van der Waals surface area contributed by atoms with Gasteiger partial charge in [-0.2, -0.15) is 0 Å². The Bertz CT molecular complexity index is 1280. The number of methoxy groups -OCH3 is 1. The predicted molar refractivity (Wildman–Crippen MR) is 120 cm³/mol. The van der Waals surface area contributed by atoms with E-state index in [0.29, 0.717) is 27.6 Å². The van der Waals surface area contributed by atoms with Gasteiger partial charge in [0.2, 0.25) is 0 Å². The number of nitro groups is 1. The summed E-state index contributed by atoms with van der Waals surface area (Å²) in [4.78, 5) is 36.4. The molecular weight excluding hydrogens is 432 g/mol. The van der Waals surface area contributed by atoms with Crippen LogP contribution in [-0.2, 0) is 0 Å². The number of pyridine rings is 1. The molecule has 0 aliphatic rings. The number of nitrogens with zero attached hydrogens (tertiary/aromatic N) is 4. The summed E-state index contributed by atoms with van der Waals surface area (Å²) in [5.74, 6) is 1.05. The van der Waals surface area contributed by atoms with Crippen molar-refractivity contribution in [3.63, 3.8) is 0 Å². The number of ether oxygens (including phenoxy) is 1. The summed E-state index contributed by atoms with van der Waals surface area (Å²) >= 11 is 1.02. The SMILES string of the molecule is COc1ccc(-c2cnc3ccc(NC(=O)NSc4ccc([N+](=O)[O-])cc4)nc3n2)cc1. The Balaban J connectivity index is 1.44. The van der Waals surface area contributed by atoms with Gasteiger partial charge in [-0.1, -0.05) is 0 Å². The van der Waals surface area contributed by atoms with Crippen molar-refractivity contribution in [2.75, 3.05) is 12.4 Å². The fourth-order valence-electron chi connectivity index (χ4n) is 2.75. The number of hydrogen-bond acceptors (Lipinski definition) is 8. The number of carbonyl (C=O) groups excluding carboxylic acids is 1. The molecule has 0 atom stereocenters. The number of rotatable bonds is 6. The Morgan fingerprint density at radius 1 is 1.03 bits per heavy atom. The lowest BCUT2D eigenvalue weighted by Gasteiger charge is -2.08. The fourth-order valence-corrected chi connectivity index (χ4v) is 3.28. The van der Waals surface area contributed by atoms with Gasteiger partial charge in [0, 0.05) is 22.6 Å². The van der Waals surface area contributed by atoms with Crippen LogP contribution in [0.4, 0.5) is 16.3 Å². The van der Waals surface area contributed by atoms with Crippen molar-refractivity contribution in [2.24, 2.45) is 0 Å². The summed E-state index contributed by atoms with van der Waals surface area (Å²) in [5, 5.41) is 13.3. The number of benzene rings is 2. The molecule has 0 bridgehead atoms. The van der Waals surface area contributed by atoms with E-state index >= 15 is 0 Å². The molecule has 0 saturated carbocycles. The van der Waals surface area contributed by atoms with Gasteiger partial charge in [0.15, 0.2) is 5.65 Å². The van der Waals surface area contributed by atoms with Gasteiger partial charge < -0.3 is 4.74 Å². The molecule has 0 aliphatic heterocycles. The molecule has 2 heterocycles. The van der Waals surface area contributed by atoms with Gasteiger partial charge in [0.25, 0.3) is 5.69 Å². The van der Waals surface area contributed by atoms with Crippen molar-refractivity contribution in [3.8, 4) is 17.0 Å². The van der Waals surface area contributed by atoms with Crippen LogP contribution in [0.15, 0.2) is 71.8 Å². The third-order valence-electron chi connectivity index (χ3n) is 4.34. The van der Waals surface area contributed by atoms with Gasteiger partial charge in [-0.25, -0.2) is 14.8 Å². The van der Waals surface area contributed by atoms with E-state index in [9.17, 15) is 14.9 Å². The maximum atomic E-state index is 12.2. The average molecular weight is 448 g/mol. The van der Waals surface area contributed by atoms with E-state index in [-0.39, 0.29) is 5.69 Å². The first kappa shape index (κ1) is 21.0. The summed E-state index contributed by atoms with van der Waals surface area (Å²) in [6.07, 6.45) is 1.66. The quantitative estimate of drug-likeness (QED) is 0.251. The zero-order chi connectivity index (χ0) is 22.5. The van der Waals surface area contributed by atoms with Gasteiger partial charge >= 0.3 is 6.03 Å². The first-order valence-electron chi connectivity index (χ1n) is 9.28. The van der Waals surface area contributed by atoms with Crippen LogP contribution in [0.1, 0.15) is 0 Å². The number of amides is 2. The number of urea groups is 1. The third-order valence-corrected chi connectivity index (χ3v) is 5.14. The summed E-state index contributed by atoms with van der Waals surface area (Å²) in [6, 6.07) is 16.1. The number of fused-ring (bicyclic) bond motifs is 1. The van der Waals surface area contributed by atoms with Crippen molar-refractivity contribution < 1.29 is 14.5 Å². The summed E-state index contributed by atoms with van der Waals surface area (Å²) in [7, 11) is 1.60. The van der Waals surface area contributed by atoms with E-state index in [1.54, 1.807) is 37.6 Å². The number of hydrogen-bond donors (Lipinski definition) is 2. The molecule has 160 valence electrons. The van der Waals surface area contributed by atoms with Gasteiger partial charge in [-0.05, 0) is 60.5 Å². The van der Waals surface area contributed by atoms with Crippen molar-refractivity contribution in [1.82, 2.24) is 19.7 Å². The number of anilines is 1. The molecule has 4 rings (SSSR count). The molecule has 2 aromatic carbocycles. The molecule has 10 nitrogen and oxygen atoms in total. The lowest BCUT2D eigenvalue weighted by Crippen LogP contribution is -2.23. The number of carbonyl (C=O) groups is 1. The highest BCUT2D eigenvalue weighted by atomic mass is 32.2. The number of nitro benzene ring substituents is 1. The van der Waals surface area contributed by atoms with Gasteiger partial charge in [0.1, 0.15) is 17.1 Å². The van der Waals surface area contributed by atoms with Gasteiger partial charge in [-0.15, -0.1) is 0 Å². The molecule has 0 fully saturated rings. The Morgan fingerprint density at radius 3 is 2.47 bits per heavy atom. The minimum Gasteiger partial charge on any atom is -0.497 e. The highest BCUT2D eigenvalue weighted by Crippen LogP contribution is 2.22. The minimum absolute atomic E-state index is 0.0192. The largest absolute Gasteiger partial charge is 0.497 e. The second-order valence-corrected chi connectivity index (χ2v) is 7.31. The minimum atomic E-state index is -0.500. The average Bonchev–Trinajstić information content (AvgIpc) is 2.82. The first-order chi connectivity index (χ1) is 15.5. The number of aromatic nitrogens is 3. The molecule has 0 radical (unpaired) electrons. The highest BCUT2D eigenvalue weighted by molar-refractivity contribution is 7.98. The fraction of sp³-hybridized carbons (Fsp3) is 0.0476. The summed E-state index contributed by atoms with van der Waals surface area (Å²) in [6.45, 7) is 0. The van der Waals surface area contributed by atoms with E-state index in [1.807, 2.05) is 24.3 Å². The predicted octanol–water partition coefficient (Wildman–Crippen LogP) is 4.44. The zero-order valence-electron chi connectivity index (χ0n) is 16.7. The van der Waals surface area contributed by atoms with Crippen molar-refractivity contribution in [2.45, 2.75) is 4.90 Å². The Labute approximate surface area is 186 Å². The molecular formula is C21H16N6O4S. The normalized spacial score (nSPS) is 10.5. The molecule has 2 aromatic heterocycles. The maximum Gasteiger partial charge on any atom is 0.330 e. The van der Waals surface area contributed by atoms with Gasteiger partial charge in [0.05, 0.1) is 23.9 Å². The smallest absolute Gasteiger partial charge is 0.330 e. The van der Waals surface area contributed by atoms with Crippen LogP contribution in [0.3, 0.4) is 0 Å². The monoisotopic (exact) mass is 448 g/mol. The van der Waals surface area contributed by atoms with E-state index in [4.69, 9.17) is 4.74 Å². The van der Waals surface area contributed by atoms with Gasteiger partial charge in [-0.3, -0.25) is 25.1 Å². The van der Waals surface area contributed by atoms with Crippen LogP contribution in [0.25, 0.3) is 22.4 Å². The van der Waals surface area contributed by atoms with Crippen LogP contribution in [0, 0.1) is 10.1 Å². The number of nitrogens with one attached hydrogen (secondary N) is 2.